The molecule has 4 aromatic carbocycles. The molecule has 2 aliphatic carbocycles. The van der Waals surface area contributed by atoms with E-state index >= 15 is 0 Å². The molecule has 40 heavy (non-hydrogen) atoms. The van der Waals surface area contributed by atoms with Gasteiger partial charge in [-0.2, -0.15) is 0 Å². The predicted molar refractivity (Wildman–Crippen MR) is 145 cm³/mol. The largest absolute Gasteiger partial charge is 0.504 e. The van der Waals surface area contributed by atoms with Crippen LogP contribution in [0.1, 0.15) is 74.8 Å². The van der Waals surface area contributed by atoms with Crippen molar-refractivity contribution >= 4 is 23.1 Å². The second-order valence-corrected chi connectivity index (χ2v) is 9.49. The maximum atomic E-state index is 12.5. The van der Waals surface area contributed by atoms with Crippen LogP contribution < -0.4 is 9.47 Å². The quantitative estimate of drug-likeness (QED) is 0.318. The number of ether oxygens (including phenoxy) is 2. The molecule has 0 spiro atoms. The molecule has 0 heterocycles. The molecule has 8 heteroatoms. The van der Waals surface area contributed by atoms with Crippen molar-refractivity contribution < 1.29 is 38.9 Å². The molecule has 200 valence electrons. The number of aryl methyl sites for hydroxylation is 2. The van der Waals surface area contributed by atoms with Crippen molar-refractivity contribution in [3.05, 3.63) is 116 Å². The highest BCUT2D eigenvalue weighted by atomic mass is 16.5. The Balaban J connectivity index is 0.000000161. The third kappa shape index (κ3) is 4.01. The second-order valence-electron chi connectivity index (χ2n) is 9.49. The lowest BCUT2D eigenvalue weighted by Crippen LogP contribution is -2.21. The van der Waals surface area contributed by atoms with Gasteiger partial charge in [0.1, 0.15) is 0 Å². The van der Waals surface area contributed by atoms with E-state index in [4.69, 9.17) is 9.47 Å². The van der Waals surface area contributed by atoms with Gasteiger partial charge in [0.05, 0.1) is 25.3 Å². The van der Waals surface area contributed by atoms with E-state index in [0.717, 1.165) is 11.1 Å². The number of phenols is 2. The molecule has 0 unspecified atom stereocenters. The maximum Gasteiger partial charge on any atom is 0.198 e. The number of methoxy groups -OCH3 is 2. The number of carbonyl (C=O) groups is 4. The molecule has 0 saturated heterocycles. The average molecular weight is 537 g/mol. The summed E-state index contributed by atoms with van der Waals surface area (Å²) in [5.74, 6) is -1.42. The van der Waals surface area contributed by atoms with Crippen molar-refractivity contribution in [2.24, 2.45) is 0 Å². The molecule has 0 fully saturated rings. The third-order valence-corrected chi connectivity index (χ3v) is 6.99. The van der Waals surface area contributed by atoms with E-state index in [0.29, 0.717) is 22.3 Å². The van der Waals surface area contributed by atoms with Gasteiger partial charge in [0.25, 0.3) is 0 Å². The van der Waals surface area contributed by atoms with Crippen LogP contribution in [0.4, 0.5) is 0 Å². The molecule has 6 rings (SSSR count). The zero-order valence-corrected chi connectivity index (χ0v) is 22.1. The highest BCUT2D eigenvalue weighted by Crippen LogP contribution is 2.39. The van der Waals surface area contributed by atoms with Gasteiger partial charge in [-0.05, 0) is 50.2 Å². The van der Waals surface area contributed by atoms with Gasteiger partial charge >= 0.3 is 0 Å². The van der Waals surface area contributed by atoms with Crippen LogP contribution in [0.2, 0.25) is 0 Å². The van der Waals surface area contributed by atoms with E-state index in [1.54, 1.807) is 36.4 Å². The number of carbonyl (C=O) groups excluding carboxylic acids is 4. The first-order chi connectivity index (χ1) is 19.1. The van der Waals surface area contributed by atoms with Gasteiger partial charge in [0.2, 0.25) is 0 Å². The van der Waals surface area contributed by atoms with Crippen LogP contribution in [0.3, 0.4) is 0 Å². The summed E-state index contributed by atoms with van der Waals surface area (Å²) in [4.78, 5) is 49.9. The molecule has 0 bridgehead atoms. The van der Waals surface area contributed by atoms with Crippen LogP contribution in [-0.2, 0) is 0 Å². The Morgan fingerprint density at radius 1 is 0.475 bits per heavy atom. The first-order valence-electron chi connectivity index (χ1n) is 12.3. The molecule has 0 aliphatic heterocycles. The lowest BCUT2D eigenvalue weighted by molar-refractivity contribution is 0.0976. The van der Waals surface area contributed by atoms with Crippen molar-refractivity contribution in [3.8, 4) is 23.0 Å². The monoisotopic (exact) mass is 536 g/mol. The minimum Gasteiger partial charge on any atom is -0.504 e. The summed E-state index contributed by atoms with van der Waals surface area (Å²) in [6.45, 7) is 3.72. The van der Waals surface area contributed by atoms with Gasteiger partial charge in [0.15, 0.2) is 46.1 Å². The number of rotatable bonds is 2. The minimum absolute atomic E-state index is 0.0192. The Kier molecular flexibility index (Phi) is 6.47. The van der Waals surface area contributed by atoms with Crippen LogP contribution in [0.25, 0.3) is 0 Å². The SMILES string of the molecule is COc1ccc2c(c1O)C(=O)c1ccc(C)cc1C2=O.COc1ccc2c(c1O)C(=O)c1ccc(C)cc1C2=O. The molecule has 0 aromatic heterocycles. The predicted octanol–water partition coefficient (Wildman–Crippen LogP) is 4.97. The molecule has 0 radical (unpaired) electrons. The summed E-state index contributed by atoms with van der Waals surface area (Å²) >= 11 is 0. The molecule has 8 nitrogen and oxygen atoms in total. The Labute approximate surface area is 229 Å². The van der Waals surface area contributed by atoms with Crippen molar-refractivity contribution in [1.29, 1.82) is 0 Å². The van der Waals surface area contributed by atoms with Crippen molar-refractivity contribution in [2.45, 2.75) is 13.8 Å². The highest BCUT2D eigenvalue weighted by Gasteiger charge is 2.34. The fraction of sp³-hybridized carbons (Fsp3) is 0.125. The molecule has 2 N–H and O–H groups in total. The number of aromatic hydroxyl groups is 2. The number of hydrogen-bond donors (Lipinski definition) is 2. The average Bonchev–Trinajstić information content (AvgIpc) is 2.94. The zero-order valence-electron chi connectivity index (χ0n) is 22.1. The highest BCUT2D eigenvalue weighted by molar-refractivity contribution is 6.30. The summed E-state index contributed by atoms with van der Waals surface area (Å²) in [6.07, 6.45) is 0. The number of fused-ring (bicyclic) bond motifs is 4. The van der Waals surface area contributed by atoms with Crippen molar-refractivity contribution in [3.63, 3.8) is 0 Å². The number of phenolic OH excluding ortho intramolecular Hbond substituents is 2. The van der Waals surface area contributed by atoms with Gasteiger partial charge in [-0.1, -0.05) is 35.4 Å². The lowest BCUT2D eigenvalue weighted by atomic mass is 9.83. The topological polar surface area (TPSA) is 127 Å². The summed E-state index contributed by atoms with van der Waals surface area (Å²) in [5, 5.41) is 20.2. The molecular formula is C32H24O8. The van der Waals surface area contributed by atoms with Gasteiger partial charge in [-0.25, -0.2) is 0 Å². The van der Waals surface area contributed by atoms with E-state index in [1.807, 2.05) is 13.8 Å². The fourth-order valence-corrected chi connectivity index (χ4v) is 4.96. The number of benzene rings is 4. The van der Waals surface area contributed by atoms with E-state index in [2.05, 4.69) is 0 Å². The van der Waals surface area contributed by atoms with Crippen LogP contribution in [0.5, 0.6) is 23.0 Å². The Bertz CT molecular complexity index is 1650. The van der Waals surface area contributed by atoms with E-state index in [1.165, 1.54) is 38.5 Å². The standard InChI is InChI=1S/2C16H12O4/c2*1-8-3-4-9-11(7-8)14(17)10-5-6-12(20-2)16(19)13(10)15(9)18/h2*3-7,19H,1-2H3. The smallest absolute Gasteiger partial charge is 0.198 e. The molecule has 4 aromatic rings. The van der Waals surface area contributed by atoms with Crippen LogP contribution >= 0.6 is 0 Å². The molecule has 2 aliphatic rings. The van der Waals surface area contributed by atoms with E-state index < -0.39 is 0 Å². The Morgan fingerprint density at radius 2 is 0.825 bits per heavy atom. The van der Waals surface area contributed by atoms with Crippen LogP contribution in [0.15, 0.2) is 60.7 Å². The van der Waals surface area contributed by atoms with E-state index in [-0.39, 0.29) is 68.4 Å². The van der Waals surface area contributed by atoms with E-state index in [9.17, 15) is 29.4 Å². The fourth-order valence-electron chi connectivity index (χ4n) is 4.96. The molecule has 0 atom stereocenters. The molecular weight excluding hydrogens is 512 g/mol. The third-order valence-electron chi connectivity index (χ3n) is 6.99. The summed E-state index contributed by atoms with van der Waals surface area (Å²) < 4.78 is 9.98. The Hall–Kier alpha value is -5.24. The first kappa shape index (κ1) is 26.4. The van der Waals surface area contributed by atoms with Crippen LogP contribution in [-0.4, -0.2) is 47.6 Å². The van der Waals surface area contributed by atoms with Crippen molar-refractivity contribution in [2.75, 3.05) is 14.2 Å². The zero-order chi connectivity index (χ0) is 28.9. The summed E-state index contributed by atoms with van der Waals surface area (Å²) in [7, 11) is 2.79. The van der Waals surface area contributed by atoms with Crippen LogP contribution in [0, 0.1) is 13.8 Å². The second kappa shape index (κ2) is 9.81. The number of hydrogen-bond acceptors (Lipinski definition) is 8. The maximum absolute atomic E-state index is 12.5. The van der Waals surface area contributed by atoms with Gasteiger partial charge < -0.3 is 19.7 Å². The first-order valence-corrected chi connectivity index (χ1v) is 12.3. The molecule has 0 saturated carbocycles. The summed E-state index contributed by atoms with van der Waals surface area (Å²) in [6, 6.07) is 16.2. The number of ketones is 4. The summed E-state index contributed by atoms with van der Waals surface area (Å²) in [5.41, 5.74) is 3.68. The van der Waals surface area contributed by atoms with Gasteiger partial charge in [-0.3, -0.25) is 19.2 Å². The minimum atomic E-state index is -0.356. The van der Waals surface area contributed by atoms with Crippen molar-refractivity contribution in [1.82, 2.24) is 0 Å². The Morgan fingerprint density at radius 3 is 1.18 bits per heavy atom. The molecule has 0 amide bonds. The normalized spacial score (nSPS) is 12.9. The van der Waals surface area contributed by atoms with Gasteiger partial charge in [-0.15, -0.1) is 0 Å². The van der Waals surface area contributed by atoms with Gasteiger partial charge in [0, 0.05) is 33.4 Å². The lowest BCUT2D eigenvalue weighted by Gasteiger charge is -2.19.